The van der Waals surface area contributed by atoms with Gasteiger partial charge >= 0.3 is 5.97 Å². The van der Waals surface area contributed by atoms with E-state index in [1.165, 1.54) is 6.07 Å². The summed E-state index contributed by atoms with van der Waals surface area (Å²) in [6.45, 7) is 0. The number of hydrogen-bond acceptors (Lipinski definition) is 2. The monoisotopic (exact) mass is 295 g/mol. The van der Waals surface area contributed by atoms with E-state index in [1.807, 2.05) is 0 Å². The van der Waals surface area contributed by atoms with Crippen LogP contribution in [-0.2, 0) is 0 Å². The molecule has 7 heteroatoms. The Balaban J connectivity index is 2.23. The van der Waals surface area contributed by atoms with Gasteiger partial charge in [-0.3, -0.25) is 4.79 Å². The summed E-state index contributed by atoms with van der Waals surface area (Å²) in [5.41, 5.74) is -0.868. The quantitative estimate of drug-likeness (QED) is 0.914. The standard InChI is InChI=1S/C14H8F3NO3/c15-8-3-7(4-9(16)5-8)13(19)18-10-1-2-11(14(20)21)12(17)6-10/h1-6H,(H,18,19)(H,20,21). The molecule has 0 unspecified atom stereocenters. The average molecular weight is 295 g/mol. The minimum Gasteiger partial charge on any atom is -0.478 e. The molecule has 0 heterocycles. The molecule has 0 aromatic heterocycles. The van der Waals surface area contributed by atoms with Gasteiger partial charge in [-0.05, 0) is 30.3 Å². The fraction of sp³-hybridized carbons (Fsp3) is 0. The third kappa shape index (κ3) is 3.38. The molecule has 0 fully saturated rings. The number of halogens is 3. The molecule has 0 aliphatic carbocycles. The third-order valence-corrected chi connectivity index (χ3v) is 2.58. The molecular formula is C14H8F3NO3. The molecule has 108 valence electrons. The maximum atomic E-state index is 13.4. The van der Waals surface area contributed by atoms with Gasteiger partial charge in [0.15, 0.2) is 0 Å². The molecule has 0 saturated heterocycles. The molecular weight excluding hydrogens is 287 g/mol. The Labute approximate surface area is 116 Å². The molecule has 0 saturated carbocycles. The van der Waals surface area contributed by atoms with Crippen molar-refractivity contribution in [1.82, 2.24) is 0 Å². The Kier molecular flexibility index (Phi) is 3.93. The molecule has 21 heavy (non-hydrogen) atoms. The summed E-state index contributed by atoms with van der Waals surface area (Å²) >= 11 is 0. The minimum absolute atomic E-state index is 0.0350. The summed E-state index contributed by atoms with van der Waals surface area (Å²) in [5, 5.41) is 10.9. The van der Waals surface area contributed by atoms with Crippen LogP contribution in [0, 0.1) is 17.5 Å². The second-order valence-electron chi connectivity index (χ2n) is 4.11. The maximum absolute atomic E-state index is 13.4. The van der Waals surface area contributed by atoms with Crippen molar-refractivity contribution in [2.24, 2.45) is 0 Å². The first-order chi connectivity index (χ1) is 9.86. The summed E-state index contributed by atoms with van der Waals surface area (Å²) in [5.74, 6) is -5.18. The number of nitrogens with one attached hydrogen (secondary N) is 1. The Morgan fingerprint density at radius 3 is 2.10 bits per heavy atom. The predicted octanol–water partition coefficient (Wildman–Crippen LogP) is 3.05. The normalized spacial score (nSPS) is 10.2. The number of anilines is 1. The average Bonchev–Trinajstić information content (AvgIpc) is 2.37. The highest BCUT2D eigenvalue weighted by Gasteiger charge is 2.13. The lowest BCUT2D eigenvalue weighted by Crippen LogP contribution is -2.13. The highest BCUT2D eigenvalue weighted by Crippen LogP contribution is 2.16. The van der Waals surface area contributed by atoms with Gasteiger partial charge in [-0.15, -0.1) is 0 Å². The Hall–Kier alpha value is -2.83. The number of amides is 1. The van der Waals surface area contributed by atoms with E-state index in [-0.39, 0.29) is 11.3 Å². The maximum Gasteiger partial charge on any atom is 0.338 e. The zero-order valence-corrected chi connectivity index (χ0v) is 10.4. The first-order valence-electron chi connectivity index (χ1n) is 5.67. The molecule has 0 spiro atoms. The number of benzene rings is 2. The largest absolute Gasteiger partial charge is 0.478 e. The second-order valence-corrected chi connectivity index (χ2v) is 4.11. The van der Waals surface area contributed by atoms with E-state index in [0.717, 1.165) is 24.3 Å². The van der Waals surface area contributed by atoms with E-state index in [0.29, 0.717) is 6.07 Å². The van der Waals surface area contributed by atoms with E-state index in [2.05, 4.69) is 5.32 Å². The van der Waals surface area contributed by atoms with E-state index in [1.54, 1.807) is 0 Å². The number of carbonyl (C=O) groups is 2. The summed E-state index contributed by atoms with van der Waals surface area (Å²) in [6, 6.07) is 5.19. The molecule has 0 bridgehead atoms. The van der Waals surface area contributed by atoms with E-state index in [4.69, 9.17) is 5.11 Å². The zero-order chi connectivity index (χ0) is 15.6. The molecule has 2 aromatic carbocycles. The van der Waals surface area contributed by atoms with Crippen LogP contribution in [0.15, 0.2) is 36.4 Å². The minimum atomic E-state index is -1.45. The molecule has 0 aliphatic rings. The summed E-state index contributed by atoms with van der Waals surface area (Å²) < 4.78 is 39.4. The van der Waals surface area contributed by atoms with E-state index < -0.39 is 34.9 Å². The van der Waals surface area contributed by atoms with Crippen molar-refractivity contribution in [3.05, 3.63) is 65.0 Å². The van der Waals surface area contributed by atoms with Crippen molar-refractivity contribution in [1.29, 1.82) is 0 Å². The number of carbonyl (C=O) groups excluding carboxylic acids is 1. The molecule has 0 atom stereocenters. The van der Waals surface area contributed by atoms with Gasteiger partial charge in [-0.1, -0.05) is 0 Å². The Bertz CT molecular complexity index is 711. The molecule has 2 N–H and O–H groups in total. The van der Waals surface area contributed by atoms with Gasteiger partial charge in [-0.2, -0.15) is 0 Å². The molecule has 0 aliphatic heterocycles. The highest BCUT2D eigenvalue weighted by molar-refractivity contribution is 6.04. The van der Waals surface area contributed by atoms with Crippen LogP contribution in [0.1, 0.15) is 20.7 Å². The number of carboxylic acids is 1. The lowest BCUT2D eigenvalue weighted by Gasteiger charge is -2.07. The lowest BCUT2D eigenvalue weighted by atomic mass is 10.1. The first kappa shape index (κ1) is 14.6. The van der Waals surface area contributed by atoms with Crippen molar-refractivity contribution >= 4 is 17.6 Å². The van der Waals surface area contributed by atoms with Crippen LogP contribution in [0.2, 0.25) is 0 Å². The molecule has 4 nitrogen and oxygen atoms in total. The smallest absolute Gasteiger partial charge is 0.338 e. The van der Waals surface area contributed by atoms with Gasteiger partial charge in [0, 0.05) is 17.3 Å². The molecule has 2 aromatic rings. The van der Waals surface area contributed by atoms with Gasteiger partial charge in [0.2, 0.25) is 0 Å². The third-order valence-electron chi connectivity index (χ3n) is 2.58. The second kappa shape index (κ2) is 5.66. The Morgan fingerprint density at radius 2 is 1.57 bits per heavy atom. The summed E-state index contributed by atoms with van der Waals surface area (Å²) in [4.78, 5) is 22.4. The Morgan fingerprint density at radius 1 is 0.952 bits per heavy atom. The van der Waals surface area contributed by atoms with Crippen LogP contribution in [0.5, 0.6) is 0 Å². The van der Waals surface area contributed by atoms with Crippen LogP contribution in [0.3, 0.4) is 0 Å². The van der Waals surface area contributed by atoms with Gasteiger partial charge in [0.25, 0.3) is 5.91 Å². The van der Waals surface area contributed by atoms with Crippen LogP contribution in [-0.4, -0.2) is 17.0 Å². The number of carboxylic acid groups (broad SMARTS) is 1. The predicted molar refractivity (Wildman–Crippen MR) is 67.7 cm³/mol. The van der Waals surface area contributed by atoms with Crippen molar-refractivity contribution in [2.45, 2.75) is 0 Å². The summed E-state index contributed by atoms with van der Waals surface area (Å²) in [7, 11) is 0. The molecule has 2 rings (SSSR count). The molecule has 1 amide bonds. The summed E-state index contributed by atoms with van der Waals surface area (Å²) in [6.07, 6.45) is 0. The molecule has 0 radical (unpaired) electrons. The van der Waals surface area contributed by atoms with Gasteiger partial charge < -0.3 is 10.4 Å². The number of aromatic carboxylic acids is 1. The zero-order valence-electron chi connectivity index (χ0n) is 10.4. The number of rotatable bonds is 3. The van der Waals surface area contributed by atoms with Crippen molar-refractivity contribution < 1.29 is 27.9 Å². The fourth-order valence-electron chi connectivity index (χ4n) is 1.65. The van der Waals surface area contributed by atoms with Crippen LogP contribution >= 0.6 is 0 Å². The topological polar surface area (TPSA) is 66.4 Å². The lowest BCUT2D eigenvalue weighted by molar-refractivity contribution is 0.0692. The van der Waals surface area contributed by atoms with Gasteiger partial charge in [0.1, 0.15) is 17.5 Å². The van der Waals surface area contributed by atoms with Crippen LogP contribution in [0.25, 0.3) is 0 Å². The van der Waals surface area contributed by atoms with Crippen molar-refractivity contribution in [2.75, 3.05) is 5.32 Å². The van der Waals surface area contributed by atoms with Crippen LogP contribution < -0.4 is 5.32 Å². The highest BCUT2D eigenvalue weighted by atomic mass is 19.1. The SMILES string of the molecule is O=C(Nc1ccc(C(=O)O)c(F)c1)c1cc(F)cc(F)c1. The van der Waals surface area contributed by atoms with Gasteiger partial charge in [0.05, 0.1) is 5.56 Å². The number of hydrogen-bond donors (Lipinski definition) is 2. The van der Waals surface area contributed by atoms with Crippen molar-refractivity contribution in [3.8, 4) is 0 Å². The van der Waals surface area contributed by atoms with E-state index >= 15 is 0 Å². The van der Waals surface area contributed by atoms with Crippen molar-refractivity contribution in [3.63, 3.8) is 0 Å². The fourth-order valence-corrected chi connectivity index (χ4v) is 1.65. The first-order valence-corrected chi connectivity index (χ1v) is 5.67. The van der Waals surface area contributed by atoms with E-state index in [9.17, 15) is 22.8 Å². The van der Waals surface area contributed by atoms with Gasteiger partial charge in [-0.25, -0.2) is 18.0 Å². The van der Waals surface area contributed by atoms with Crippen LogP contribution in [0.4, 0.5) is 18.9 Å².